The van der Waals surface area contributed by atoms with Gasteiger partial charge < -0.3 is 18.9 Å². The number of nitrogens with zero attached hydrogens (tertiary/aromatic N) is 1. The van der Waals surface area contributed by atoms with E-state index in [0.717, 1.165) is 12.8 Å². The predicted molar refractivity (Wildman–Crippen MR) is 142 cm³/mol. The van der Waals surface area contributed by atoms with Crippen molar-refractivity contribution < 1.29 is 28.5 Å². The van der Waals surface area contributed by atoms with Crippen molar-refractivity contribution in [1.82, 2.24) is 5.43 Å². The predicted octanol–water partition coefficient (Wildman–Crippen LogP) is 5.42. The van der Waals surface area contributed by atoms with Gasteiger partial charge in [-0.15, -0.1) is 0 Å². The zero-order valence-corrected chi connectivity index (χ0v) is 20.9. The van der Waals surface area contributed by atoms with Gasteiger partial charge in [-0.3, -0.25) is 4.79 Å². The molecule has 0 unspecified atom stereocenters. The Morgan fingerprint density at radius 2 is 1.59 bits per heavy atom. The van der Waals surface area contributed by atoms with E-state index in [1.165, 1.54) is 13.3 Å². The molecule has 192 valence electrons. The fraction of sp³-hybridized carbons (Fsp3) is 0.207. The van der Waals surface area contributed by atoms with Crippen LogP contribution >= 0.6 is 0 Å². The lowest BCUT2D eigenvalue weighted by Crippen LogP contribution is -2.17. The van der Waals surface area contributed by atoms with Gasteiger partial charge in [-0.25, -0.2) is 10.2 Å². The highest BCUT2D eigenvalue weighted by Gasteiger charge is 2.13. The van der Waals surface area contributed by atoms with Crippen molar-refractivity contribution in [3.63, 3.8) is 0 Å². The van der Waals surface area contributed by atoms with Crippen LogP contribution in [0.4, 0.5) is 0 Å². The number of carbonyl (C=O) groups excluding carboxylic acids is 2. The van der Waals surface area contributed by atoms with E-state index in [1.807, 2.05) is 0 Å². The number of ether oxygens (including phenoxy) is 4. The van der Waals surface area contributed by atoms with Crippen LogP contribution in [0.1, 0.15) is 46.0 Å². The van der Waals surface area contributed by atoms with Crippen molar-refractivity contribution in [2.75, 3.05) is 20.3 Å². The van der Waals surface area contributed by atoms with Gasteiger partial charge in [-0.2, -0.15) is 5.10 Å². The van der Waals surface area contributed by atoms with Crippen molar-refractivity contribution in [1.29, 1.82) is 0 Å². The number of esters is 1. The SMILES string of the molecule is C=CCOc1ccc(C(=O)NN=Cc2ccc(OC(=O)c3ccc(OCCCC)cc3)c(OC)c2)cc1. The minimum Gasteiger partial charge on any atom is -0.494 e. The molecule has 0 saturated heterocycles. The second-order valence-corrected chi connectivity index (χ2v) is 7.85. The third-order valence-electron chi connectivity index (χ3n) is 5.11. The number of unbranched alkanes of at least 4 members (excludes halogenated alkanes) is 1. The molecule has 0 aliphatic heterocycles. The van der Waals surface area contributed by atoms with Crippen molar-refractivity contribution in [2.24, 2.45) is 5.10 Å². The maximum absolute atomic E-state index is 12.6. The molecule has 0 bridgehead atoms. The zero-order valence-electron chi connectivity index (χ0n) is 20.9. The maximum Gasteiger partial charge on any atom is 0.343 e. The quantitative estimate of drug-likeness (QED) is 0.0837. The average molecular weight is 503 g/mol. The summed E-state index contributed by atoms with van der Waals surface area (Å²) in [6, 6.07) is 18.4. The number of methoxy groups -OCH3 is 1. The number of carbonyl (C=O) groups is 2. The number of hydrogen-bond donors (Lipinski definition) is 1. The smallest absolute Gasteiger partial charge is 0.343 e. The fourth-order valence-corrected chi connectivity index (χ4v) is 3.12. The van der Waals surface area contributed by atoms with E-state index in [-0.39, 0.29) is 11.7 Å². The van der Waals surface area contributed by atoms with Gasteiger partial charge in [0.2, 0.25) is 0 Å². The Morgan fingerprint density at radius 3 is 2.24 bits per heavy atom. The molecule has 37 heavy (non-hydrogen) atoms. The Labute approximate surface area is 216 Å². The molecule has 1 amide bonds. The van der Waals surface area contributed by atoms with Crippen LogP contribution in [0.3, 0.4) is 0 Å². The first-order valence-corrected chi connectivity index (χ1v) is 11.8. The van der Waals surface area contributed by atoms with E-state index in [9.17, 15) is 9.59 Å². The number of rotatable bonds is 13. The van der Waals surface area contributed by atoms with Gasteiger partial charge in [0.1, 0.15) is 18.1 Å². The van der Waals surface area contributed by atoms with E-state index >= 15 is 0 Å². The molecule has 0 aliphatic rings. The normalized spacial score (nSPS) is 10.5. The molecule has 8 nitrogen and oxygen atoms in total. The lowest BCUT2D eigenvalue weighted by molar-refractivity contribution is 0.0729. The van der Waals surface area contributed by atoms with Crippen molar-refractivity contribution >= 4 is 18.1 Å². The van der Waals surface area contributed by atoms with E-state index in [4.69, 9.17) is 18.9 Å². The van der Waals surface area contributed by atoms with Gasteiger partial charge in [-0.05, 0) is 78.7 Å². The van der Waals surface area contributed by atoms with Gasteiger partial charge in [-0.1, -0.05) is 26.0 Å². The van der Waals surface area contributed by atoms with Crippen LogP contribution in [-0.2, 0) is 0 Å². The molecule has 8 heteroatoms. The average Bonchev–Trinajstić information content (AvgIpc) is 2.93. The largest absolute Gasteiger partial charge is 0.494 e. The number of nitrogens with one attached hydrogen (secondary N) is 1. The molecule has 0 atom stereocenters. The molecule has 1 N–H and O–H groups in total. The summed E-state index contributed by atoms with van der Waals surface area (Å²) >= 11 is 0. The summed E-state index contributed by atoms with van der Waals surface area (Å²) in [6.07, 6.45) is 5.12. The first-order chi connectivity index (χ1) is 18.0. The Kier molecular flexibility index (Phi) is 10.3. The van der Waals surface area contributed by atoms with Gasteiger partial charge in [0, 0.05) is 5.56 Å². The van der Waals surface area contributed by atoms with Gasteiger partial charge in [0.25, 0.3) is 5.91 Å². The lowest BCUT2D eigenvalue weighted by atomic mass is 10.2. The van der Waals surface area contributed by atoms with Crippen molar-refractivity contribution in [2.45, 2.75) is 19.8 Å². The minimum atomic E-state index is -0.520. The topological polar surface area (TPSA) is 95.5 Å². The van der Waals surface area contributed by atoms with Crippen molar-refractivity contribution in [3.8, 4) is 23.0 Å². The molecule has 0 saturated carbocycles. The molecule has 0 aliphatic carbocycles. The molecule has 0 spiro atoms. The zero-order chi connectivity index (χ0) is 26.5. The van der Waals surface area contributed by atoms with Crippen LogP contribution in [0.25, 0.3) is 0 Å². The first kappa shape index (κ1) is 27.0. The number of hydrogen-bond acceptors (Lipinski definition) is 7. The molecular formula is C29H30N2O6. The molecule has 3 aromatic rings. The maximum atomic E-state index is 12.6. The molecule has 3 aromatic carbocycles. The third kappa shape index (κ3) is 8.24. The highest BCUT2D eigenvalue weighted by molar-refractivity contribution is 5.95. The number of amides is 1. The minimum absolute atomic E-state index is 0.260. The molecule has 3 rings (SSSR count). The molecule has 0 aromatic heterocycles. The Bertz CT molecular complexity index is 1220. The summed E-state index contributed by atoms with van der Waals surface area (Å²) in [5, 5.41) is 3.99. The van der Waals surface area contributed by atoms with Crippen LogP contribution in [0, 0.1) is 0 Å². The lowest BCUT2D eigenvalue weighted by Gasteiger charge is -2.10. The van der Waals surface area contributed by atoms with Gasteiger partial charge in [0.15, 0.2) is 11.5 Å². The van der Waals surface area contributed by atoms with Crippen LogP contribution in [-0.4, -0.2) is 38.4 Å². The Balaban J connectivity index is 1.57. The van der Waals surface area contributed by atoms with Gasteiger partial charge >= 0.3 is 5.97 Å². The summed E-state index contributed by atoms with van der Waals surface area (Å²) in [4.78, 5) is 24.9. The number of benzene rings is 3. The van der Waals surface area contributed by atoms with Crippen LogP contribution in [0.2, 0.25) is 0 Å². The molecular weight excluding hydrogens is 472 g/mol. The van der Waals surface area contributed by atoms with E-state index in [2.05, 4.69) is 24.0 Å². The van der Waals surface area contributed by atoms with Crippen molar-refractivity contribution in [3.05, 3.63) is 96.1 Å². The van der Waals surface area contributed by atoms with Crippen LogP contribution < -0.4 is 24.4 Å². The summed E-state index contributed by atoms with van der Waals surface area (Å²) < 4.78 is 21.9. The van der Waals surface area contributed by atoms with E-state index in [0.29, 0.717) is 47.2 Å². The third-order valence-corrected chi connectivity index (χ3v) is 5.11. The van der Waals surface area contributed by atoms with Crippen LogP contribution in [0.15, 0.2) is 84.5 Å². The van der Waals surface area contributed by atoms with Gasteiger partial charge in [0.05, 0.1) is 25.5 Å². The summed E-state index contributed by atoms with van der Waals surface area (Å²) in [5.74, 6) is 1.06. The summed E-state index contributed by atoms with van der Waals surface area (Å²) in [7, 11) is 1.47. The summed E-state index contributed by atoms with van der Waals surface area (Å²) in [6.45, 7) is 6.71. The summed E-state index contributed by atoms with van der Waals surface area (Å²) in [5.41, 5.74) is 3.93. The molecule has 0 heterocycles. The van der Waals surface area contributed by atoms with E-state index in [1.54, 1.807) is 72.8 Å². The number of hydrazone groups is 1. The fourth-order valence-electron chi connectivity index (χ4n) is 3.12. The highest BCUT2D eigenvalue weighted by Crippen LogP contribution is 2.28. The molecule has 0 radical (unpaired) electrons. The monoisotopic (exact) mass is 502 g/mol. The van der Waals surface area contributed by atoms with E-state index < -0.39 is 5.97 Å². The molecule has 0 fully saturated rings. The Hall–Kier alpha value is -4.59. The second-order valence-electron chi connectivity index (χ2n) is 7.85. The Morgan fingerprint density at radius 1 is 0.919 bits per heavy atom. The standard InChI is InChI=1S/C29H30N2O6/c1-4-6-18-36-25-14-10-23(11-15-25)29(33)37-26-16-7-21(19-27(26)34-3)20-30-31-28(32)22-8-12-24(13-9-22)35-17-5-2/h5,7-16,19-20H,2,4,6,17-18H2,1,3H3,(H,31,32). The first-order valence-electron chi connectivity index (χ1n) is 11.8. The van der Waals surface area contributed by atoms with Crippen LogP contribution in [0.5, 0.6) is 23.0 Å². The second kappa shape index (κ2) is 14.1. The highest BCUT2D eigenvalue weighted by atomic mass is 16.6.